The third-order valence-corrected chi connectivity index (χ3v) is 3.23. The van der Waals surface area contributed by atoms with Gasteiger partial charge in [0.2, 0.25) is 0 Å². The number of rotatable bonds is 2. The summed E-state index contributed by atoms with van der Waals surface area (Å²) in [6, 6.07) is 0. The number of carbonyl (C=O) groups is 1. The number of imidazole rings is 1. The number of nitrogens with one attached hydrogen (secondary N) is 1. The molecule has 1 aliphatic heterocycles. The van der Waals surface area contributed by atoms with Crippen LogP contribution in [0.3, 0.4) is 0 Å². The molecule has 0 aromatic carbocycles. The minimum atomic E-state index is -0.249. The highest BCUT2D eigenvalue weighted by molar-refractivity contribution is 6.02. The molecule has 98 valence electrons. The van der Waals surface area contributed by atoms with Crippen LogP contribution in [0.4, 0.5) is 5.82 Å². The Hall–Kier alpha value is -2.24. The van der Waals surface area contributed by atoms with Crippen LogP contribution in [0.2, 0.25) is 0 Å². The van der Waals surface area contributed by atoms with Crippen molar-refractivity contribution in [3.8, 4) is 0 Å². The minimum Gasteiger partial charge on any atom is -0.315 e. The van der Waals surface area contributed by atoms with Gasteiger partial charge in [-0.3, -0.25) is 9.78 Å². The molecule has 0 unspecified atom stereocenters. The molecule has 0 bridgehead atoms. The second kappa shape index (κ2) is 4.79. The van der Waals surface area contributed by atoms with E-state index in [0.717, 1.165) is 43.1 Å². The lowest BCUT2D eigenvalue weighted by Crippen LogP contribution is -2.19. The molecule has 2 aromatic rings. The van der Waals surface area contributed by atoms with Crippen molar-refractivity contribution >= 4 is 11.7 Å². The average molecular weight is 257 g/mol. The Morgan fingerprint density at radius 2 is 2.11 bits per heavy atom. The van der Waals surface area contributed by atoms with Crippen molar-refractivity contribution in [1.82, 2.24) is 19.5 Å². The van der Waals surface area contributed by atoms with Crippen LogP contribution in [0.1, 0.15) is 34.8 Å². The predicted molar refractivity (Wildman–Crippen MR) is 69.9 cm³/mol. The molecule has 6 heteroatoms. The number of anilines is 1. The number of hydrogen-bond donors (Lipinski definition) is 1. The van der Waals surface area contributed by atoms with Crippen molar-refractivity contribution in [2.45, 2.75) is 32.7 Å². The first kappa shape index (κ1) is 11.8. The van der Waals surface area contributed by atoms with Gasteiger partial charge in [0, 0.05) is 19.2 Å². The summed E-state index contributed by atoms with van der Waals surface area (Å²) < 4.78 is 2.06. The first-order valence-corrected chi connectivity index (χ1v) is 6.38. The van der Waals surface area contributed by atoms with E-state index in [1.165, 1.54) is 6.20 Å². The molecule has 19 heavy (non-hydrogen) atoms. The Morgan fingerprint density at radius 1 is 1.21 bits per heavy atom. The van der Waals surface area contributed by atoms with E-state index in [-0.39, 0.29) is 5.91 Å². The molecule has 6 nitrogen and oxygen atoms in total. The Labute approximate surface area is 110 Å². The number of nitrogens with zero attached hydrogens (tertiary/aromatic N) is 4. The maximum atomic E-state index is 12.1. The summed E-state index contributed by atoms with van der Waals surface area (Å²) >= 11 is 0. The maximum absolute atomic E-state index is 12.1. The SMILES string of the molecule is Cc1cnc(C(=O)Nc2cnc3n2CCCC3)cn1. The van der Waals surface area contributed by atoms with Crippen LogP contribution in [0.25, 0.3) is 0 Å². The fourth-order valence-electron chi connectivity index (χ4n) is 2.21. The van der Waals surface area contributed by atoms with Gasteiger partial charge in [-0.25, -0.2) is 9.97 Å². The van der Waals surface area contributed by atoms with Crippen LogP contribution in [-0.2, 0) is 13.0 Å². The molecule has 1 amide bonds. The largest absolute Gasteiger partial charge is 0.315 e. The molecular weight excluding hydrogens is 242 g/mol. The molecule has 0 fully saturated rings. The second-order valence-electron chi connectivity index (χ2n) is 4.67. The van der Waals surface area contributed by atoms with E-state index in [2.05, 4.69) is 24.8 Å². The smallest absolute Gasteiger partial charge is 0.277 e. The molecule has 3 rings (SSSR count). The van der Waals surface area contributed by atoms with Crippen LogP contribution >= 0.6 is 0 Å². The minimum absolute atomic E-state index is 0.249. The van der Waals surface area contributed by atoms with Gasteiger partial charge in [-0.1, -0.05) is 0 Å². The summed E-state index contributed by atoms with van der Waals surface area (Å²) in [4.78, 5) is 24.5. The highest BCUT2D eigenvalue weighted by Gasteiger charge is 2.16. The molecule has 0 spiro atoms. The van der Waals surface area contributed by atoms with E-state index in [0.29, 0.717) is 5.69 Å². The van der Waals surface area contributed by atoms with Gasteiger partial charge < -0.3 is 9.88 Å². The van der Waals surface area contributed by atoms with Crippen LogP contribution < -0.4 is 5.32 Å². The fraction of sp³-hybridized carbons (Fsp3) is 0.385. The van der Waals surface area contributed by atoms with Crippen molar-refractivity contribution in [2.24, 2.45) is 0 Å². The molecule has 0 atom stereocenters. The Morgan fingerprint density at radius 3 is 2.89 bits per heavy atom. The lowest BCUT2D eigenvalue weighted by atomic mass is 10.2. The summed E-state index contributed by atoms with van der Waals surface area (Å²) in [5.74, 6) is 1.53. The zero-order valence-corrected chi connectivity index (χ0v) is 10.8. The van der Waals surface area contributed by atoms with E-state index >= 15 is 0 Å². The number of aryl methyl sites for hydroxylation is 2. The van der Waals surface area contributed by atoms with Gasteiger partial charge in [0.1, 0.15) is 17.3 Å². The van der Waals surface area contributed by atoms with Gasteiger partial charge in [0.15, 0.2) is 0 Å². The summed E-state index contributed by atoms with van der Waals surface area (Å²) in [6.45, 7) is 2.74. The van der Waals surface area contributed by atoms with Crippen LogP contribution in [0.5, 0.6) is 0 Å². The Kier molecular flexibility index (Phi) is 2.98. The van der Waals surface area contributed by atoms with Gasteiger partial charge >= 0.3 is 0 Å². The highest BCUT2D eigenvalue weighted by atomic mass is 16.2. The van der Waals surface area contributed by atoms with Crippen LogP contribution in [0, 0.1) is 6.92 Å². The maximum Gasteiger partial charge on any atom is 0.277 e. The monoisotopic (exact) mass is 257 g/mol. The molecule has 0 radical (unpaired) electrons. The molecule has 1 aliphatic rings. The Balaban J connectivity index is 1.79. The number of carbonyl (C=O) groups excluding carboxylic acids is 1. The van der Waals surface area contributed by atoms with Gasteiger partial charge in [0.25, 0.3) is 5.91 Å². The van der Waals surface area contributed by atoms with Crippen LogP contribution in [-0.4, -0.2) is 25.4 Å². The predicted octanol–water partition coefficient (Wildman–Crippen LogP) is 1.57. The molecule has 0 saturated heterocycles. The molecular formula is C13H15N5O. The standard InChI is InChI=1S/C13H15N5O/c1-9-6-15-10(7-14-9)13(19)17-12-8-16-11-4-2-3-5-18(11)12/h6-8H,2-5H2,1H3,(H,17,19). The van der Waals surface area contributed by atoms with E-state index in [4.69, 9.17) is 0 Å². The second-order valence-corrected chi connectivity index (χ2v) is 4.67. The normalized spacial score (nSPS) is 13.9. The molecule has 3 heterocycles. The average Bonchev–Trinajstić information content (AvgIpc) is 2.83. The summed E-state index contributed by atoms with van der Waals surface area (Å²) in [5, 5.41) is 2.84. The summed E-state index contributed by atoms with van der Waals surface area (Å²) in [7, 11) is 0. The van der Waals surface area contributed by atoms with E-state index in [1.54, 1.807) is 12.4 Å². The number of hydrogen-bond acceptors (Lipinski definition) is 4. The summed E-state index contributed by atoms with van der Waals surface area (Å²) in [6.07, 6.45) is 8.03. The van der Waals surface area contributed by atoms with Crippen molar-refractivity contribution in [3.63, 3.8) is 0 Å². The van der Waals surface area contributed by atoms with Gasteiger partial charge in [0.05, 0.1) is 18.1 Å². The van der Waals surface area contributed by atoms with Gasteiger partial charge in [-0.15, -0.1) is 0 Å². The van der Waals surface area contributed by atoms with Crippen molar-refractivity contribution in [2.75, 3.05) is 5.32 Å². The van der Waals surface area contributed by atoms with E-state index in [1.807, 2.05) is 6.92 Å². The topological polar surface area (TPSA) is 72.7 Å². The lowest BCUT2D eigenvalue weighted by molar-refractivity contribution is 0.102. The first-order valence-electron chi connectivity index (χ1n) is 6.38. The molecule has 0 aliphatic carbocycles. The third kappa shape index (κ3) is 2.33. The number of fused-ring (bicyclic) bond motifs is 1. The zero-order valence-electron chi connectivity index (χ0n) is 10.8. The van der Waals surface area contributed by atoms with E-state index in [9.17, 15) is 4.79 Å². The number of aromatic nitrogens is 4. The fourth-order valence-corrected chi connectivity index (χ4v) is 2.21. The Bertz CT molecular complexity index is 602. The quantitative estimate of drug-likeness (QED) is 0.886. The van der Waals surface area contributed by atoms with Gasteiger partial charge in [-0.2, -0.15) is 0 Å². The summed E-state index contributed by atoms with van der Waals surface area (Å²) in [5.41, 5.74) is 1.11. The lowest BCUT2D eigenvalue weighted by Gasteiger charge is -2.16. The molecule has 1 N–H and O–H groups in total. The molecule has 0 saturated carbocycles. The van der Waals surface area contributed by atoms with Crippen molar-refractivity contribution < 1.29 is 4.79 Å². The van der Waals surface area contributed by atoms with E-state index < -0.39 is 0 Å². The van der Waals surface area contributed by atoms with Crippen LogP contribution in [0.15, 0.2) is 18.6 Å². The third-order valence-electron chi connectivity index (χ3n) is 3.23. The van der Waals surface area contributed by atoms with Gasteiger partial charge in [-0.05, 0) is 19.8 Å². The first-order chi connectivity index (χ1) is 9.24. The van der Waals surface area contributed by atoms with Crippen molar-refractivity contribution in [3.05, 3.63) is 35.8 Å². The highest BCUT2D eigenvalue weighted by Crippen LogP contribution is 2.19. The molecule has 2 aromatic heterocycles. The number of amides is 1. The zero-order chi connectivity index (χ0) is 13.2. The van der Waals surface area contributed by atoms with Crippen molar-refractivity contribution in [1.29, 1.82) is 0 Å².